The van der Waals surface area contributed by atoms with E-state index < -0.39 is 197 Å². The fourth-order valence-corrected chi connectivity index (χ4v) is 26.8. The Morgan fingerprint density at radius 3 is 1.00 bits per heavy atom. The molecular formula is C21H47NO42P12. The van der Waals surface area contributed by atoms with E-state index in [4.69, 9.17) is 28.5 Å². The van der Waals surface area contributed by atoms with Gasteiger partial charge in [0.1, 0.15) is 18.3 Å². The second-order valence-electron chi connectivity index (χ2n) is 15.3. The zero-order valence-electron chi connectivity index (χ0n) is 36.5. The van der Waals surface area contributed by atoms with Crippen LogP contribution in [0.4, 0.5) is 0 Å². The number of ether oxygens (including phenoxy) is 5. The minimum atomic E-state index is -8.39. The molecule has 0 radical (unpaired) electrons. The van der Waals surface area contributed by atoms with Crippen molar-refractivity contribution in [3.63, 3.8) is 0 Å². The molecule has 55 heteroatoms. The van der Waals surface area contributed by atoms with Gasteiger partial charge in [-0.1, -0.05) is 17.2 Å². The highest BCUT2D eigenvalue weighted by Gasteiger charge is 2.85. The first-order valence-electron chi connectivity index (χ1n) is 18.6. The van der Waals surface area contributed by atoms with Crippen LogP contribution in [0.2, 0.25) is 0 Å². The minimum absolute atomic E-state index is 0.128. The Hall–Kier alpha value is 0.420. The maximum atomic E-state index is 14.0. The van der Waals surface area contributed by atoms with Crippen molar-refractivity contribution < 1.29 is 201 Å². The number of rotatable bonds is 18. The molecule has 24 N–H and O–H groups in total. The first-order valence-corrected chi connectivity index (χ1v) is 38.8. The molecule has 0 saturated carbocycles. The molecule has 1 unspecified atom stereocenters. The SMILES string of the molecule is O=P(O)(O)C(C1OCCOCCOCCOc2ccccc2ON(C(P(=O)(O)O)P(=O)(O)O)C(C(P(=O)(O)O)P(=O)(O)O)(C(P(=O)(O)O)P(=O)(O)O)OC1(C(P(=O)(O)O)P(=O)(O)O)C(P(=O)(O)O)P(=O)(O)O)P(=O)(O)O. The van der Waals surface area contributed by atoms with Crippen LogP contribution in [0.25, 0.3) is 0 Å². The van der Waals surface area contributed by atoms with E-state index in [1.165, 1.54) is 0 Å². The summed E-state index contributed by atoms with van der Waals surface area (Å²) >= 11 is 0. The van der Waals surface area contributed by atoms with Gasteiger partial charge in [-0.2, -0.15) is 0 Å². The lowest BCUT2D eigenvalue weighted by atomic mass is 9.99. The summed E-state index contributed by atoms with van der Waals surface area (Å²) in [6.07, 6.45) is -5.38. The van der Waals surface area contributed by atoms with E-state index >= 15 is 0 Å². The molecule has 1 aromatic rings. The van der Waals surface area contributed by atoms with Gasteiger partial charge in [0.2, 0.25) is 16.5 Å². The van der Waals surface area contributed by atoms with E-state index in [9.17, 15) is 172 Å². The Kier molecular flexibility index (Phi) is 23.4. The Balaban J connectivity index is 4.47. The van der Waals surface area contributed by atoms with Gasteiger partial charge >= 0.3 is 91.1 Å². The monoisotopic (exact) mass is 1360 g/mol. The molecular weight excluding hydrogens is 1310 g/mol. The van der Waals surface area contributed by atoms with Crippen molar-refractivity contribution in [1.82, 2.24) is 5.06 Å². The first-order chi connectivity index (χ1) is 33.4. The van der Waals surface area contributed by atoms with Crippen molar-refractivity contribution in [3.05, 3.63) is 24.3 Å². The van der Waals surface area contributed by atoms with Crippen molar-refractivity contribution in [2.75, 3.05) is 39.6 Å². The van der Waals surface area contributed by atoms with Crippen molar-refractivity contribution in [3.8, 4) is 11.5 Å². The summed E-state index contributed by atoms with van der Waals surface area (Å²) in [5.41, 5.74) is -19.6. The summed E-state index contributed by atoms with van der Waals surface area (Å²) in [5.74, 6) is -3.21. The van der Waals surface area contributed by atoms with E-state index in [0.717, 1.165) is 6.07 Å². The number of nitrogens with zero attached hydrogens (tertiary/aromatic N) is 1. The quantitative estimate of drug-likeness (QED) is 0.0617. The second-order valence-corrected chi connectivity index (χ2v) is 38.1. The van der Waals surface area contributed by atoms with Gasteiger partial charge in [-0.25, -0.2) is 0 Å². The van der Waals surface area contributed by atoms with Crippen molar-refractivity contribution in [2.45, 2.75) is 50.0 Å². The molecule has 0 fully saturated rings. The highest BCUT2D eigenvalue weighted by Crippen LogP contribution is 2.82. The van der Waals surface area contributed by atoms with Gasteiger partial charge in [0.05, 0.1) is 33.0 Å². The molecule has 1 aliphatic heterocycles. The maximum absolute atomic E-state index is 14.0. The average molecular weight is 1360 g/mol. The molecule has 0 bridgehead atoms. The third-order valence-corrected chi connectivity index (χ3v) is 32.0. The van der Waals surface area contributed by atoms with E-state index in [1.807, 2.05) is 0 Å². The second kappa shape index (κ2) is 24.6. The fourth-order valence-electron chi connectivity index (χ4n) is 7.47. The van der Waals surface area contributed by atoms with E-state index in [0.29, 0.717) is 12.1 Å². The van der Waals surface area contributed by atoms with Crippen LogP contribution >= 0.6 is 91.1 Å². The summed E-state index contributed by atoms with van der Waals surface area (Å²) < 4.78 is 191. The van der Waals surface area contributed by atoms with Gasteiger partial charge in [-0.3, -0.25) is 54.8 Å². The molecule has 0 amide bonds. The molecule has 76 heavy (non-hydrogen) atoms. The summed E-state index contributed by atoms with van der Waals surface area (Å²) in [6, 6.07) is 1.87. The van der Waals surface area contributed by atoms with Crippen LogP contribution in [0.5, 0.6) is 11.5 Å². The predicted octanol–water partition coefficient (Wildman–Crippen LogP) is -4.41. The number of hydrogen-bond acceptors (Lipinski definition) is 19. The van der Waals surface area contributed by atoms with E-state index in [2.05, 4.69) is 0 Å². The van der Waals surface area contributed by atoms with Crippen LogP contribution < -0.4 is 9.57 Å². The van der Waals surface area contributed by atoms with Gasteiger partial charge < -0.3 is 146 Å². The summed E-state index contributed by atoms with van der Waals surface area (Å²) in [6.45, 7) is -6.92. The minimum Gasteiger partial charge on any atom is -0.487 e. The number of fused-ring (bicyclic) bond motifs is 1. The zero-order chi connectivity index (χ0) is 60.1. The highest BCUT2D eigenvalue weighted by molar-refractivity contribution is 7.75. The summed E-state index contributed by atoms with van der Waals surface area (Å²) in [7, 11) is -98.2. The van der Waals surface area contributed by atoms with Crippen molar-refractivity contribution in [1.29, 1.82) is 0 Å². The Labute approximate surface area is 421 Å². The molecule has 1 aromatic carbocycles. The van der Waals surface area contributed by atoms with Gasteiger partial charge in [-0.15, -0.1) is 0 Å². The molecule has 1 atom stereocenters. The Morgan fingerprint density at radius 2 is 0.697 bits per heavy atom. The third kappa shape index (κ3) is 17.7. The molecule has 0 spiro atoms. The van der Waals surface area contributed by atoms with Crippen LogP contribution in [-0.2, 0) is 73.7 Å². The lowest BCUT2D eigenvalue weighted by Gasteiger charge is -2.58. The Morgan fingerprint density at radius 1 is 0.395 bits per heavy atom. The lowest BCUT2D eigenvalue weighted by molar-refractivity contribution is -0.311. The first kappa shape index (κ1) is 72.5. The van der Waals surface area contributed by atoms with Gasteiger partial charge in [0, 0.05) is 0 Å². The maximum Gasteiger partial charge on any atom is 0.358 e. The average Bonchev–Trinajstić information content (AvgIpc) is 3.07. The fraction of sp³-hybridized carbons (Fsp3) is 0.714. The third-order valence-electron chi connectivity index (χ3n) is 9.42. The number of hydrogen-bond donors (Lipinski definition) is 24. The van der Waals surface area contributed by atoms with E-state index in [1.54, 1.807) is 0 Å². The van der Waals surface area contributed by atoms with Crippen LogP contribution in [0.3, 0.4) is 0 Å². The number of hydroxylamine groups is 2. The molecule has 0 aromatic heterocycles. The topological polar surface area (TPSA) is 749 Å². The van der Waals surface area contributed by atoms with Crippen LogP contribution in [-0.4, -0.2) is 212 Å². The smallest absolute Gasteiger partial charge is 0.358 e. The normalized spacial score (nSPS) is 20.1. The highest BCUT2D eigenvalue weighted by atomic mass is 31.3. The standard InChI is InChI=1S/C21H47NO42P12/c23-65(24,25)14(66(26,27)28)13-20(15(67(29,30)31)68(32,33)34,16(69(35,36)37)70(38,39)40)64-21(17(71(41,42)43)72(44,45)46,18(73(47,48)49)74(50,51)52)22(19(75(53,54)55)76(56,57)58)63-12-4-2-1-3-11(12)61-9-7-59-5-6-60-8-10-62-13/h1-4,13-19H,5-10H2,(H2,23,24,25)(H2,26,27,28)(H2,29,30,31)(H2,32,33,34)(H2,35,36,37)(H2,38,39,40)(H2,41,42,43)(H2,44,45,46)(H2,47,48,49)(H2,50,51,52)(H2,53,54,55)(H2,56,57,58). The summed E-state index contributed by atoms with van der Waals surface area (Å²) in [5, 5.41) is -31.1. The molecule has 1 heterocycles. The zero-order valence-corrected chi connectivity index (χ0v) is 47.2. The van der Waals surface area contributed by atoms with Gasteiger partial charge in [-0.05, 0) is 12.1 Å². The van der Waals surface area contributed by atoms with E-state index in [-0.39, 0.29) is 6.07 Å². The van der Waals surface area contributed by atoms with Crippen molar-refractivity contribution >= 4 is 91.1 Å². The lowest BCUT2D eigenvalue weighted by Crippen LogP contribution is -2.76. The van der Waals surface area contributed by atoms with Crippen LogP contribution in [0.15, 0.2) is 24.3 Å². The number of para-hydroxylation sites is 2. The molecule has 43 nitrogen and oxygen atoms in total. The molecule has 0 aliphatic carbocycles. The molecule has 0 saturated heterocycles. The van der Waals surface area contributed by atoms with Crippen molar-refractivity contribution in [2.24, 2.45) is 0 Å². The molecule has 1 aliphatic rings. The largest absolute Gasteiger partial charge is 0.487 e. The Bertz CT molecular complexity index is 2590. The molecule has 2 rings (SSSR count). The summed E-state index contributed by atoms with van der Waals surface area (Å²) in [4.78, 5) is 265. The van der Waals surface area contributed by atoms with Crippen LogP contribution in [0, 0.1) is 0 Å². The predicted molar refractivity (Wildman–Crippen MR) is 240 cm³/mol. The van der Waals surface area contributed by atoms with Crippen LogP contribution in [0.1, 0.15) is 0 Å². The van der Waals surface area contributed by atoms with Gasteiger partial charge in [0.25, 0.3) is 5.52 Å². The molecule has 448 valence electrons. The van der Waals surface area contributed by atoms with Gasteiger partial charge in [0.15, 0.2) is 27.7 Å². The number of benzene rings is 1.